The summed E-state index contributed by atoms with van der Waals surface area (Å²) in [6.07, 6.45) is 1.13. The van der Waals surface area contributed by atoms with E-state index in [1.54, 1.807) is 0 Å². The SMILES string of the molecule is Cc1ccc(Nc2ccc([C@H]3C[C@@H]3N)cc2)cc1. The van der Waals surface area contributed by atoms with Gasteiger partial charge in [-0.2, -0.15) is 0 Å². The molecule has 0 amide bonds. The number of anilines is 2. The predicted octanol–water partition coefficient (Wildman–Crippen LogP) is 3.55. The van der Waals surface area contributed by atoms with Gasteiger partial charge in [0.1, 0.15) is 0 Å². The molecule has 3 N–H and O–H groups in total. The Bertz CT molecular complexity index is 528. The summed E-state index contributed by atoms with van der Waals surface area (Å²) in [5.74, 6) is 0.582. The molecule has 3 rings (SSSR count). The van der Waals surface area contributed by atoms with Crippen LogP contribution < -0.4 is 11.1 Å². The summed E-state index contributed by atoms with van der Waals surface area (Å²) in [7, 11) is 0. The Morgan fingerprint density at radius 2 is 1.44 bits per heavy atom. The second kappa shape index (κ2) is 4.46. The molecule has 0 radical (unpaired) electrons. The maximum atomic E-state index is 5.86. The van der Waals surface area contributed by atoms with E-state index in [1.807, 2.05) is 0 Å². The van der Waals surface area contributed by atoms with Crippen molar-refractivity contribution in [2.24, 2.45) is 5.73 Å². The van der Waals surface area contributed by atoms with Crippen LogP contribution in [0.25, 0.3) is 0 Å². The molecule has 92 valence electrons. The van der Waals surface area contributed by atoms with Crippen LogP contribution >= 0.6 is 0 Å². The number of nitrogens with one attached hydrogen (secondary N) is 1. The maximum absolute atomic E-state index is 5.86. The molecule has 0 heterocycles. The first-order valence-electron chi connectivity index (χ1n) is 6.41. The average molecular weight is 238 g/mol. The molecule has 2 atom stereocenters. The molecule has 2 aromatic carbocycles. The van der Waals surface area contributed by atoms with E-state index in [4.69, 9.17) is 5.73 Å². The first-order valence-corrected chi connectivity index (χ1v) is 6.41. The van der Waals surface area contributed by atoms with Crippen molar-refractivity contribution >= 4 is 11.4 Å². The minimum absolute atomic E-state index is 0.376. The van der Waals surface area contributed by atoms with Crippen LogP contribution in [0.5, 0.6) is 0 Å². The number of nitrogens with two attached hydrogens (primary N) is 1. The number of hydrogen-bond donors (Lipinski definition) is 2. The van der Waals surface area contributed by atoms with Gasteiger partial charge in [-0.15, -0.1) is 0 Å². The van der Waals surface area contributed by atoms with E-state index in [0.717, 1.165) is 17.8 Å². The fourth-order valence-corrected chi connectivity index (χ4v) is 2.22. The van der Waals surface area contributed by atoms with Crippen molar-refractivity contribution in [2.75, 3.05) is 5.32 Å². The Hall–Kier alpha value is -1.80. The Balaban J connectivity index is 1.71. The normalized spacial score (nSPS) is 21.7. The van der Waals surface area contributed by atoms with E-state index in [0.29, 0.717) is 12.0 Å². The van der Waals surface area contributed by atoms with Crippen LogP contribution in [0.3, 0.4) is 0 Å². The fourth-order valence-electron chi connectivity index (χ4n) is 2.22. The van der Waals surface area contributed by atoms with Crippen molar-refractivity contribution < 1.29 is 0 Å². The highest BCUT2D eigenvalue weighted by Gasteiger charge is 2.34. The lowest BCUT2D eigenvalue weighted by Gasteiger charge is -2.07. The van der Waals surface area contributed by atoms with Crippen molar-refractivity contribution in [1.29, 1.82) is 0 Å². The zero-order valence-electron chi connectivity index (χ0n) is 10.6. The first-order chi connectivity index (χ1) is 8.72. The first kappa shape index (κ1) is 11.3. The van der Waals surface area contributed by atoms with Crippen LogP contribution in [-0.2, 0) is 0 Å². The van der Waals surface area contributed by atoms with E-state index < -0.39 is 0 Å². The van der Waals surface area contributed by atoms with E-state index in [-0.39, 0.29) is 0 Å². The number of benzene rings is 2. The third-order valence-corrected chi connectivity index (χ3v) is 3.52. The maximum Gasteiger partial charge on any atom is 0.0384 e. The van der Waals surface area contributed by atoms with Gasteiger partial charge >= 0.3 is 0 Å². The van der Waals surface area contributed by atoms with Gasteiger partial charge in [-0.1, -0.05) is 29.8 Å². The van der Waals surface area contributed by atoms with Gasteiger partial charge in [-0.3, -0.25) is 0 Å². The molecule has 1 aliphatic carbocycles. The standard InChI is InChI=1S/C16H18N2/c1-11-2-6-13(7-3-11)18-14-8-4-12(5-9-14)15-10-16(15)17/h2-9,15-16,18H,10,17H2,1H3/t15-,16+/m1/s1. The highest BCUT2D eigenvalue weighted by Crippen LogP contribution is 2.39. The zero-order valence-corrected chi connectivity index (χ0v) is 10.6. The van der Waals surface area contributed by atoms with Crippen LogP contribution in [0.2, 0.25) is 0 Å². The van der Waals surface area contributed by atoms with Crippen LogP contribution in [0, 0.1) is 6.92 Å². The summed E-state index contributed by atoms with van der Waals surface area (Å²) < 4.78 is 0. The Morgan fingerprint density at radius 3 is 1.94 bits per heavy atom. The van der Waals surface area contributed by atoms with Gasteiger partial charge in [0.05, 0.1) is 0 Å². The monoisotopic (exact) mass is 238 g/mol. The fraction of sp³-hybridized carbons (Fsp3) is 0.250. The number of aryl methyl sites for hydroxylation is 1. The van der Waals surface area contributed by atoms with Crippen molar-refractivity contribution in [3.63, 3.8) is 0 Å². The van der Waals surface area contributed by atoms with Gasteiger partial charge in [0, 0.05) is 23.3 Å². The molecule has 2 nitrogen and oxygen atoms in total. The summed E-state index contributed by atoms with van der Waals surface area (Å²) in [6, 6.07) is 17.4. The molecule has 2 heteroatoms. The van der Waals surface area contributed by atoms with E-state index in [2.05, 4.69) is 60.8 Å². The topological polar surface area (TPSA) is 38.0 Å². The summed E-state index contributed by atoms with van der Waals surface area (Å²) in [4.78, 5) is 0. The Morgan fingerprint density at radius 1 is 0.944 bits per heavy atom. The summed E-state index contributed by atoms with van der Waals surface area (Å²) in [6.45, 7) is 2.09. The minimum atomic E-state index is 0.376. The lowest BCUT2D eigenvalue weighted by atomic mass is 10.1. The molecule has 0 aromatic heterocycles. The second-order valence-electron chi connectivity index (χ2n) is 5.12. The molecular formula is C16H18N2. The highest BCUT2D eigenvalue weighted by atomic mass is 14.9. The molecule has 0 saturated heterocycles. The molecule has 1 fully saturated rings. The van der Waals surface area contributed by atoms with Gasteiger partial charge in [-0.05, 0) is 43.2 Å². The number of hydrogen-bond acceptors (Lipinski definition) is 2. The quantitative estimate of drug-likeness (QED) is 0.858. The van der Waals surface area contributed by atoms with Crippen LogP contribution in [-0.4, -0.2) is 6.04 Å². The van der Waals surface area contributed by atoms with E-state index >= 15 is 0 Å². The van der Waals surface area contributed by atoms with Gasteiger partial charge in [0.15, 0.2) is 0 Å². The van der Waals surface area contributed by atoms with E-state index in [9.17, 15) is 0 Å². The molecule has 1 aliphatic rings. The summed E-state index contributed by atoms with van der Waals surface area (Å²) in [5.41, 5.74) is 10.7. The van der Waals surface area contributed by atoms with Crippen molar-refractivity contribution in [2.45, 2.75) is 25.3 Å². The summed E-state index contributed by atoms with van der Waals surface area (Å²) >= 11 is 0. The summed E-state index contributed by atoms with van der Waals surface area (Å²) in [5, 5.41) is 3.40. The molecule has 18 heavy (non-hydrogen) atoms. The third-order valence-electron chi connectivity index (χ3n) is 3.52. The minimum Gasteiger partial charge on any atom is -0.356 e. The molecule has 0 aliphatic heterocycles. The van der Waals surface area contributed by atoms with Crippen LogP contribution in [0.1, 0.15) is 23.5 Å². The van der Waals surface area contributed by atoms with Crippen LogP contribution in [0.4, 0.5) is 11.4 Å². The molecule has 0 spiro atoms. The average Bonchev–Trinajstić information content (AvgIpc) is 3.10. The van der Waals surface area contributed by atoms with Gasteiger partial charge < -0.3 is 11.1 Å². The molecule has 1 saturated carbocycles. The van der Waals surface area contributed by atoms with Crippen molar-refractivity contribution in [3.8, 4) is 0 Å². The highest BCUT2D eigenvalue weighted by molar-refractivity contribution is 5.60. The lowest BCUT2D eigenvalue weighted by Crippen LogP contribution is -2.00. The second-order valence-corrected chi connectivity index (χ2v) is 5.12. The van der Waals surface area contributed by atoms with Crippen LogP contribution in [0.15, 0.2) is 48.5 Å². The lowest BCUT2D eigenvalue weighted by molar-refractivity contribution is 0.991. The molecule has 0 unspecified atom stereocenters. The largest absolute Gasteiger partial charge is 0.356 e. The van der Waals surface area contributed by atoms with Crippen molar-refractivity contribution in [1.82, 2.24) is 0 Å². The number of rotatable bonds is 3. The molecule has 0 bridgehead atoms. The predicted molar refractivity (Wildman–Crippen MR) is 76.2 cm³/mol. The van der Waals surface area contributed by atoms with Gasteiger partial charge in [0.25, 0.3) is 0 Å². The Kier molecular flexibility index (Phi) is 2.80. The third kappa shape index (κ3) is 2.39. The van der Waals surface area contributed by atoms with Gasteiger partial charge in [0.2, 0.25) is 0 Å². The molecule has 2 aromatic rings. The zero-order chi connectivity index (χ0) is 12.5. The van der Waals surface area contributed by atoms with Crippen molar-refractivity contribution in [3.05, 3.63) is 59.7 Å². The van der Waals surface area contributed by atoms with Gasteiger partial charge in [-0.25, -0.2) is 0 Å². The van der Waals surface area contributed by atoms with E-state index in [1.165, 1.54) is 11.1 Å². The smallest absolute Gasteiger partial charge is 0.0384 e. The molecular weight excluding hydrogens is 220 g/mol. The Labute approximate surface area is 108 Å².